The highest BCUT2D eigenvalue weighted by molar-refractivity contribution is 6.05. The Hall–Kier alpha value is -4.35. The van der Waals surface area contributed by atoms with Crippen molar-refractivity contribution in [3.63, 3.8) is 0 Å². The summed E-state index contributed by atoms with van der Waals surface area (Å²) in [5.74, 6) is 1.44. The third-order valence-electron chi connectivity index (χ3n) is 11.4. The number of aliphatic hydroxyl groups excluding tert-OH is 1. The molecule has 280 valence electrons. The van der Waals surface area contributed by atoms with Crippen LogP contribution in [0.25, 0.3) is 0 Å². The zero-order valence-electron chi connectivity index (χ0n) is 32.1. The molecular weight excluding hydrogens is 658 g/mol. The molecule has 11 nitrogen and oxygen atoms in total. The van der Waals surface area contributed by atoms with Gasteiger partial charge < -0.3 is 39.8 Å². The molecule has 0 saturated carbocycles. The highest BCUT2D eigenvalue weighted by Gasteiger charge is 2.52. The summed E-state index contributed by atoms with van der Waals surface area (Å²) in [6, 6.07) is 7.23. The number of amides is 2. The molecule has 4 heterocycles. The van der Waals surface area contributed by atoms with Crippen molar-refractivity contribution in [2.45, 2.75) is 91.1 Å². The van der Waals surface area contributed by atoms with Gasteiger partial charge in [0.2, 0.25) is 0 Å². The lowest BCUT2D eigenvalue weighted by molar-refractivity contribution is 0.00488. The van der Waals surface area contributed by atoms with Gasteiger partial charge in [0.25, 0.3) is 11.8 Å². The monoisotopic (exact) mass is 713 g/mol. The molecule has 0 bridgehead atoms. The van der Waals surface area contributed by atoms with Gasteiger partial charge in [-0.25, -0.2) is 0 Å². The van der Waals surface area contributed by atoms with Crippen molar-refractivity contribution in [1.82, 2.24) is 9.80 Å². The number of hydrogen-bond donors (Lipinski definition) is 2. The predicted molar refractivity (Wildman–Crippen MR) is 204 cm³/mol. The van der Waals surface area contributed by atoms with Gasteiger partial charge in [0.05, 0.1) is 48.4 Å². The SMILES string of the molecule is C=C1CN2C(=O)c3cc(C)c(OCCC(C)(C)CCC(C)(C)COc4cc5c(cc4OC)C(=O)N4CC(=C)C[C@@]4(C)C=N5)cc3N(C)[C@@H](O)[C@]2(N)C1. The molecule has 0 spiro atoms. The lowest BCUT2D eigenvalue weighted by Crippen LogP contribution is -2.64. The Bertz CT molecular complexity index is 1850. The molecule has 0 unspecified atom stereocenters. The van der Waals surface area contributed by atoms with Crippen molar-refractivity contribution in [2.75, 3.05) is 45.4 Å². The van der Waals surface area contributed by atoms with E-state index in [2.05, 4.69) is 40.9 Å². The quantitative estimate of drug-likeness (QED) is 0.257. The maximum Gasteiger partial charge on any atom is 0.257 e. The zero-order chi connectivity index (χ0) is 38.0. The molecule has 52 heavy (non-hydrogen) atoms. The molecule has 0 aliphatic carbocycles. The summed E-state index contributed by atoms with van der Waals surface area (Å²) >= 11 is 0. The van der Waals surface area contributed by atoms with Gasteiger partial charge in [0.1, 0.15) is 11.4 Å². The maximum absolute atomic E-state index is 13.6. The van der Waals surface area contributed by atoms with Crippen LogP contribution in [0.3, 0.4) is 0 Å². The average Bonchev–Trinajstić information content (AvgIpc) is 3.53. The second-order valence-electron chi connectivity index (χ2n) is 17.1. The van der Waals surface area contributed by atoms with Crippen LogP contribution in [-0.4, -0.2) is 90.8 Å². The van der Waals surface area contributed by atoms with Crippen molar-refractivity contribution in [3.8, 4) is 17.2 Å². The van der Waals surface area contributed by atoms with Crippen LogP contribution in [0, 0.1) is 17.8 Å². The number of rotatable bonds is 11. The number of nitrogens with two attached hydrogens (primary N) is 1. The average molecular weight is 714 g/mol. The lowest BCUT2D eigenvalue weighted by Gasteiger charge is -2.39. The number of aryl methyl sites for hydroxylation is 1. The van der Waals surface area contributed by atoms with Gasteiger partial charge in [-0.05, 0) is 68.1 Å². The minimum Gasteiger partial charge on any atom is -0.493 e. The molecule has 2 fully saturated rings. The van der Waals surface area contributed by atoms with E-state index in [1.165, 1.54) is 0 Å². The van der Waals surface area contributed by atoms with Gasteiger partial charge >= 0.3 is 0 Å². The van der Waals surface area contributed by atoms with E-state index in [1.54, 1.807) is 30.0 Å². The van der Waals surface area contributed by atoms with Gasteiger partial charge in [-0.15, -0.1) is 0 Å². The summed E-state index contributed by atoms with van der Waals surface area (Å²) in [6.07, 6.45) is 4.46. The minimum absolute atomic E-state index is 0.0233. The van der Waals surface area contributed by atoms with E-state index < -0.39 is 17.4 Å². The molecular formula is C41H55N5O6. The van der Waals surface area contributed by atoms with Gasteiger partial charge in [0, 0.05) is 44.9 Å². The first kappa shape index (κ1) is 37.4. The molecule has 2 saturated heterocycles. The highest BCUT2D eigenvalue weighted by atomic mass is 16.5. The van der Waals surface area contributed by atoms with E-state index in [0.717, 1.165) is 36.0 Å². The van der Waals surface area contributed by atoms with Gasteiger partial charge in [-0.3, -0.25) is 14.6 Å². The lowest BCUT2D eigenvalue weighted by atomic mass is 9.78. The van der Waals surface area contributed by atoms with Crippen molar-refractivity contribution >= 4 is 29.4 Å². The molecule has 4 aliphatic heterocycles. The number of anilines is 1. The largest absolute Gasteiger partial charge is 0.493 e. The number of benzene rings is 2. The highest BCUT2D eigenvalue weighted by Crippen LogP contribution is 2.44. The summed E-state index contributed by atoms with van der Waals surface area (Å²) in [5, 5.41) is 11.3. The van der Waals surface area contributed by atoms with Crippen molar-refractivity contribution in [2.24, 2.45) is 21.6 Å². The molecule has 0 aromatic heterocycles. The molecule has 0 radical (unpaired) electrons. The summed E-state index contributed by atoms with van der Waals surface area (Å²) in [6.45, 7) is 22.7. The van der Waals surface area contributed by atoms with Crippen molar-refractivity contribution < 1.29 is 28.9 Å². The fourth-order valence-corrected chi connectivity index (χ4v) is 7.84. The third kappa shape index (κ3) is 6.80. The molecule has 2 amide bonds. The first-order chi connectivity index (χ1) is 24.3. The van der Waals surface area contributed by atoms with Crippen LogP contribution in [-0.2, 0) is 0 Å². The molecule has 2 aromatic rings. The Balaban J connectivity index is 1.06. The van der Waals surface area contributed by atoms with Crippen LogP contribution < -0.4 is 24.8 Å². The normalized spacial score (nSPS) is 24.3. The van der Waals surface area contributed by atoms with E-state index in [1.807, 2.05) is 43.2 Å². The predicted octanol–water partition coefficient (Wildman–Crippen LogP) is 6.39. The number of carbonyl (C=O) groups is 2. The van der Waals surface area contributed by atoms with Crippen molar-refractivity contribution in [1.29, 1.82) is 0 Å². The number of carbonyl (C=O) groups excluding carboxylic acids is 2. The molecule has 2 aromatic carbocycles. The van der Waals surface area contributed by atoms with Crippen LogP contribution in [0.5, 0.6) is 17.2 Å². The Morgan fingerprint density at radius 1 is 0.904 bits per heavy atom. The van der Waals surface area contributed by atoms with E-state index in [4.69, 9.17) is 24.9 Å². The molecule has 11 heteroatoms. The Kier molecular flexibility index (Phi) is 9.53. The number of likely N-dealkylation sites (N-methyl/N-ethyl adjacent to an activating group) is 1. The van der Waals surface area contributed by atoms with Crippen LogP contribution >= 0.6 is 0 Å². The summed E-state index contributed by atoms with van der Waals surface area (Å²) in [4.78, 5) is 36.9. The minimum atomic E-state index is -1.24. The van der Waals surface area contributed by atoms with E-state index in [9.17, 15) is 14.7 Å². The number of nitrogens with zero attached hydrogens (tertiary/aromatic N) is 4. The van der Waals surface area contributed by atoms with E-state index >= 15 is 0 Å². The Morgan fingerprint density at radius 3 is 2.27 bits per heavy atom. The van der Waals surface area contributed by atoms with Crippen LogP contribution in [0.15, 0.2) is 53.6 Å². The molecule has 4 aliphatic rings. The number of hydrogen-bond acceptors (Lipinski definition) is 9. The van der Waals surface area contributed by atoms with Crippen LogP contribution in [0.4, 0.5) is 11.4 Å². The number of methoxy groups -OCH3 is 1. The zero-order valence-corrected chi connectivity index (χ0v) is 32.1. The standard InChI is InChI=1S/C41H55N5O6/c1-25-19-40(8)23-43-30-17-34(33(50-10)16-28(30)35(47)45(40)21-25)52-24-39(6,7)12-11-38(4,5)13-14-51-32-18-31-29(15-27(32)3)36(48)46-22-26(2)20-41(46,42)37(49)44(31)9/h15-18,23,37,49H,1-2,11-14,19-22,24,42H2,3-10H3/t37-,40-,41-/m0/s1. The molecule has 3 N–H and O–H groups in total. The third-order valence-corrected chi connectivity index (χ3v) is 11.4. The first-order valence-corrected chi connectivity index (χ1v) is 18.1. The number of fused-ring (bicyclic) bond motifs is 4. The number of aliphatic imine (C=N–C) groups is 1. The van der Waals surface area contributed by atoms with E-state index in [0.29, 0.717) is 78.9 Å². The molecule has 6 rings (SSSR count). The Morgan fingerprint density at radius 2 is 1.56 bits per heavy atom. The van der Waals surface area contributed by atoms with Crippen LogP contribution in [0.2, 0.25) is 0 Å². The number of ether oxygens (including phenoxy) is 3. The van der Waals surface area contributed by atoms with Gasteiger partial charge in [-0.2, -0.15) is 0 Å². The summed E-state index contributed by atoms with van der Waals surface area (Å²) in [5.41, 5.74) is 9.55. The van der Waals surface area contributed by atoms with E-state index in [-0.39, 0.29) is 22.6 Å². The first-order valence-electron chi connectivity index (χ1n) is 18.1. The summed E-state index contributed by atoms with van der Waals surface area (Å²) in [7, 11) is 3.34. The smallest absolute Gasteiger partial charge is 0.257 e. The Labute approximate surface area is 308 Å². The van der Waals surface area contributed by atoms with Gasteiger partial charge in [0.15, 0.2) is 17.7 Å². The topological polar surface area (TPSA) is 130 Å². The second-order valence-corrected chi connectivity index (χ2v) is 17.1. The summed E-state index contributed by atoms with van der Waals surface area (Å²) < 4.78 is 18.4. The number of aliphatic hydroxyl groups is 1. The fourth-order valence-electron chi connectivity index (χ4n) is 7.84. The second kappa shape index (κ2) is 13.3. The van der Waals surface area contributed by atoms with Gasteiger partial charge in [-0.1, -0.05) is 52.0 Å². The molecule has 3 atom stereocenters. The maximum atomic E-state index is 13.6. The van der Waals surface area contributed by atoms with Crippen molar-refractivity contribution in [3.05, 3.63) is 65.3 Å². The fraction of sp³-hybridized carbons (Fsp3) is 0.537. The van der Waals surface area contributed by atoms with Crippen LogP contribution in [0.1, 0.15) is 93.0 Å².